The molecule has 0 saturated heterocycles. The van der Waals surface area contributed by atoms with Gasteiger partial charge in [0.2, 0.25) is 0 Å². The number of nitrogens with zero attached hydrogens (tertiary/aromatic N) is 2. The third-order valence-corrected chi connectivity index (χ3v) is 3.24. The predicted octanol–water partition coefficient (Wildman–Crippen LogP) is 3.73. The van der Waals surface area contributed by atoms with Crippen LogP contribution in [0, 0.1) is 5.82 Å². The third kappa shape index (κ3) is 4.96. The Morgan fingerprint density at radius 1 is 1.43 bits per heavy atom. The van der Waals surface area contributed by atoms with Crippen LogP contribution in [0.1, 0.15) is 26.5 Å². The maximum Gasteiger partial charge on any atom is 0.407 e. The molecule has 0 spiro atoms. The summed E-state index contributed by atoms with van der Waals surface area (Å²) >= 11 is 5.81. The van der Waals surface area contributed by atoms with Crippen LogP contribution in [-0.2, 0) is 11.2 Å². The Morgan fingerprint density at radius 3 is 2.83 bits per heavy atom. The number of hydrogen-bond donors (Lipinski definition) is 1. The lowest BCUT2D eigenvalue weighted by molar-refractivity contribution is 0.0528. The maximum absolute atomic E-state index is 13.2. The van der Waals surface area contributed by atoms with Gasteiger partial charge in [-0.15, -0.1) is 0 Å². The average Bonchev–Trinajstić information content (AvgIpc) is 2.88. The van der Waals surface area contributed by atoms with E-state index in [-0.39, 0.29) is 5.02 Å². The SMILES string of the molecule is CC(C)(C)OC(=O)NCCc1cncn1-c1ccc(F)c(Cl)c1. The van der Waals surface area contributed by atoms with Crippen molar-refractivity contribution in [2.75, 3.05) is 6.54 Å². The molecule has 0 unspecified atom stereocenters. The zero-order chi connectivity index (χ0) is 17.0. The first-order valence-electron chi connectivity index (χ1n) is 7.20. The molecule has 0 atom stereocenters. The standard InChI is InChI=1S/C16H19ClFN3O2/c1-16(2,3)23-15(22)20-7-6-12-9-19-10-21(12)11-4-5-14(18)13(17)8-11/h4-5,8-10H,6-7H2,1-3H3,(H,20,22). The normalized spacial score (nSPS) is 11.3. The minimum absolute atomic E-state index is 0.0500. The Morgan fingerprint density at radius 2 is 2.17 bits per heavy atom. The van der Waals surface area contributed by atoms with Gasteiger partial charge < -0.3 is 14.6 Å². The van der Waals surface area contributed by atoms with Crippen molar-refractivity contribution < 1.29 is 13.9 Å². The van der Waals surface area contributed by atoms with Gasteiger partial charge in [0, 0.05) is 30.5 Å². The Hall–Kier alpha value is -2.08. The number of carbonyl (C=O) groups excluding carboxylic acids is 1. The van der Waals surface area contributed by atoms with Gasteiger partial charge in [0.25, 0.3) is 0 Å². The predicted molar refractivity (Wildman–Crippen MR) is 86.5 cm³/mol. The highest BCUT2D eigenvalue weighted by atomic mass is 35.5. The second-order valence-corrected chi connectivity index (χ2v) is 6.44. The summed E-state index contributed by atoms with van der Waals surface area (Å²) in [7, 11) is 0. The van der Waals surface area contributed by atoms with Gasteiger partial charge in [-0.25, -0.2) is 14.2 Å². The number of benzene rings is 1. The molecular formula is C16H19ClFN3O2. The van der Waals surface area contributed by atoms with Crippen LogP contribution < -0.4 is 5.32 Å². The van der Waals surface area contributed by atoms with Gasteiger partial charge in [-0.05, 0) is 39.0 Å². The number of rotatable bonds is 4. The highest BCUT2D eigenvalue weighted by Crippen LogP contribution is 2.20. The topological polar surface area (TPSA) is 56.1 Å². The van der Waals surface area contributed by atoms with E-state index in [0.29, 0.717) is 18.7 Å². The summed E-state index contributed by atoms with van der Waals surface area (Å²) < 4.78 is 20.2. The van der Waals surface area contributed by atoms with Crippen molar-refractivity contribution in [1.29, 1.82) is 0 Å². The molecule has 124 valence electrons. The van der Waals surface area contributed by atoms with E-state index in [1.165, 1.54) is 12.1 Å². The molecule has 0 bridgehead atoms. The fourth-order valence-corrected chi connectivity index (χ4v) is 2.16. The number of hydrogen-bond acceptors (Lipinski definition) is 3. The summed E-state index contributed by atoms with van der Waals surface area (Å²) in [6.45, 7) is 5.81. The average molecular weight is 340 g/mol. The van der Waals surface area contributed by atoms with Crippen LogP contribution in [0.25, 0.3) is 5.69 Å². The van der Waals surface area contributed by atoms with Gasteiger partial charge in [-0.1, -0.05) is 11.6 Å². The number of imidazole rings is 1. The van der Waals surface area contributed by atoms with Crippen molar-refractivity contribution in [1.82, 2.24) is 14.9 Å². The van der Waals surface area contributed by atoms with Crippen molar-refractivity contribution in [2.45, 2.75) is 32.8 Å². The smallest absolute Gasteiger partial charge is 0.407 e. The quantitative estimate of drug-likeness (QED) is 0.923. The molecule has 0 aliphatic heterocycles. The molecule has 0 saturated carbocycles. The second-order valence-electron chi connectivity index (χ2n) is 6.03. The number of ether oxygens (including phenoxy) is 1. The molecule has 1 aromatic carbocycles. The van der Waals surface area contributed by atoms with E-state index in [9.17, 15) is 9.18 Å². The molecule has 5 nitrogen and oxygen atoms in total. The van der Waals surface area contributed by atoms with Crippen LogP contribution in [0.15, 0.2) is 30.7 Å². The number of aromatic nitrogens is 2. The van der Waals surface area contributed by atoms with E-state index in [1.807, 2.05) is 0 Å². The van der Waals surface area contributed by atoms with Crippen LogP contribution in [0.5, 0.6) is 0 Å². The Labute approximate surface area is 139 Å². The highest BCUT2D eigenvalue weighted by molar-refractivity contribution is 6.30. The van der Waals surface area contributed by atoms with Crippen molar-refractivity contribution in [3.63, 3.8) is 0 Å². The number of alkyl carbamates (subject to hydrolysis) is 1. The largest absolute Gasteiger partial charge is 0.444 e. The Balaban J connectivity index is 1.99. The van der Waals surface area contributed by atoms with E-state index < -0.39 is 17.5 Å². The summed E-state index contributed by atoms with van der Waals surface area (Å²) in [5.41, 5.74) is 1.04. The van der Waals surface area contributed by atoms with Gasteiger partial charge in [0.05, 0.1) is 11.3 Å². The van der Waals surface area contributed by atoms with Crippen molar-refractivity contribution in [2.24, 2.45) is 0 Å². The number of halogens is 2. The first kappa shape index (κ1) is 17.3. The number of nitrogens with one attached hydrogen (secondary N) is 1. The molecule has 1 N–H and O–H groups in total. The fraction of sp³-hybridized carbons (Fsp3) is 0.375. The molecule has 1 amide bonds. The monoisotopic (exact) mass is 339 g/mol. The first-order chi connectivity index (χ1) is 10.8. The molecule has 0 radical (unpaired) electrons. The molecule has 0 aliphatic carbocycles. The third-order valence-electron chi connectivity index (χ3n) is 2.95. The molecule has 0 aliphatic rings. The minimum Gasteiger partial charge on any atom is -0.444 e. The van der Waals surface area contributed by atoms with E-state index in [4.69, 9.17) is 16.3 Å². The zero-order valence-electron chi connectivity index (χ0n) is 13.3. The molecule has 0 fully saturated rings. The van der Waals surface area contributed by atoms with Crippen LogP contribution in [0.4, 0.5) is 9.18 Å². The van der Waals surface area contributed by atoms with E-state index in [1.54, 1.807) is 43.9 Å². The molecular weight excluding hydrogens is 321 g/mol. The second kappa shape index (κ2) is 7.00. The van der Waals surface area contributed by atoms with Crippen LogP contribution in [0.3, 0.4) is 0 Å². The Kier molecular flexibility index (Phi) is 5.26. The summed E-state index contributed by atoms with van der Waals surface area (Å²) in [6, 6.07) is 4.46. The lowest BCUT2D eigenvalue weighted by Gasteiger charge is -2.19. The minimum atomic E-state index is -0.531. The van der Waals surface area contributed by atoms with Gasteiger partial charge in [0.1, 0.15) is 11.4 Å². The molecule has 2 aromatic rings. The van der Waals surface area contributed by atoms with Crippen LogP contribution >= 0.6 is 11.6 Å². The summed E-state index contributed by atoms with van der Waals surface area (Å²) in [5, 5.41) is 2.74. The molecule has 2 rings (SSSR count). The number of carbonyl (C=O) groups is 1. The lowest BCUT2D eigenvalue weighted by atomic mass is 10.2. The summed E-state index contributed by atoms with van der Waals surface area (Å²) in [4.78, 5) is 15.7. The lowest BCUT2D eigenvalue weighted by Crippen LogP contribution is -2.33. The maximum atomic E-state index is 13.2. The van der Waals surface area contributed by atoms with Crippen LogP contribution in [0.2, 0.25) is 5.02 Å². The van der Waals surface area contributed by atoms with Crippen molar-refractivity contribution >= 4 is 17.7 Å². The summed E-state index contributed by atoms with van der Waals surface area (Å²) in [6.07, 6.45) is 3.39. The molecule has 23 heavy (non-hydrogen) atoms. The van der Waals surface area contributed by atoms with Gasteiger partial charge >= 0.3 is 6.09 Å². The van der Waals surface area contributed by atoms with Crippen molar-refractivity contribution in [3.05, 3.63) is 47.3 Å². The molecule has 7 heteroatoms. The van der Waals surface area contributed by atoms with E-state index in [2.05, 4.69) is 10.3 Å². The zero-order valence-corrected chi connectivity index (χ0v) is 14.0. The van der Waals surface area contributed by atoms with E-state index >= 15 is 0 Å². The van der Waals surface area contributed by atoms with E-state index in [0.717, 1.165) is 5.69 Å². The van der Waals surface area contributed by atoms with Gasteiger partial charge in [-0.3, -0.25) is 0 Å². The van der Waals surface area contributed by atoms with Crippen molar-refractivity contribution in [3.8, 4) is 5.69 Å². The molecule has 1 heterocycles. The first-order valence-corrected chi connectivity index (χ1v) is 7.57. The summed E-state index contributed by atoms with van der Waals surface area (Å²) in [5.74, 6) is -0.469. The number of amides is 1. The highest BCUT2D eigenvalue weighted by Gasteiger charge is 2.15. The van der Waals surface area contributed by atoms with Crippen LogP contribution in [-0.4, -0.2) is 27.8 Å². The molecule has 1 aromatic heterocycles. The fourth-order valence-electron chi connectivity index (χ4n) is 1.98. The van der Waals surface area contributed by atoms with Gasteiger partial charge in [0.15, 0.2) is 0 Å². The van der Waals surface area contributed by atoms with Gasteiger partial charge in [-0.2, -0.15) is 0 Å². The Bertz CT molecular complexity index is 695.